The summed E-state index contributed by atoms with van der Waals surface area (Å²) in [6.45, 7) is 0. The molecule has 2 rings (SSSR count). The van der Waals surface area contributed by atoms with Gasteiger partial charge in [-0.3, -0.25) is 4.79 Å². The van der Waals surface area contributed by atoms with Crippen LogP contribution in [0.25, 0.3) is 0 Å². The van der Waals surface area contributed by atoms with Gasteiger partial charge >= 0.3 is 0 Å². The van der Waals surface area contributed by atoms with E-state index in [0.717, 1.165) is 6.20 Å². The zero-order valence-corrected chi connectivity index (χ0v) is 9.02. The minimum Gasteiger partial charge on any atom is -0.387 e. The number of rotatable bonds is 3. The van der Waals surface area contributed by atoms with Crippen LogP contribution in [0.5, 0.6) is 0 Å². The molecular formula is C9H12FN3O5. The van der Waals surface area contributed by atoms with E-state index < -0.39 is 36.7 Å². The van der Waals surface area contributed by atoms with Crippen LogP contribution in [0.3, 0.4) is 0 Å². The standard InChI is InChI=1S/C9H12FN3O5/c10-7(16)5-3(14)4(15)6(18-5)9-12-1-2(13-9)8(11)17/h1,3-7,14-16H,(H2,11,17)(H,12,13)/t3-,4+,5-,6+,7?/m0/s1. The van der Waals surface area contributed by atoms with Crippen LogP contribution < -0.4 is 5.73 Å². The number of imidazole rings is 1. The molecule has 100 valence electrons. The number of carbonyl (C=O) groups excluding carboxylic acids is 1. The molecule has 5 atom stereocenters. The summed E-state index contributed by atoms with van der Waals surface area (Å²) in [6, 6.07) is 0. The zero-order valence-electron chi connectivity index (χ0n) is 9.02. The maximum absolute atomic E-state index is 12.7. The number of aromatic nitrogens is 2. The number of carbonyl (C=O) groups is 1. The molecule has 0 aromatic carbocycles. The van der Waals surface area contributed by atoms with Crippen LogP contribution in [-0.2, 0) is 4.74 Å². The maximum Gasteiger partial charge on any atom is 0.266 e. The van der Waals surface area contributed by atoms with Crippen LogP contribution >= 0.6 is 0 Å². The van der Waals surface area contributed by atoms with Crippen LogP contribution in [0.4, 0.5) is 4.39 Å². The Labute approximate surface area is 100 Å². The minimum atomic E-state index is -2.44. The largest absolute Gasteiger partial charge is 0.387 e. The lowest BCUT2D eigenvalue weighted by Crippen LogP contribution is -2.36. The lowest BCUT2D eigenvalue weighted by atomic mass is 10.1. The summed E-state index contributed by atoms with van der Waals surface area (Å²) in [7, 11) is 0. The molecule has 1 unspecified atom stereocenters. The number of nitrogens with zero attached hydrogens (tertiary/aromatic N) is 1. The molecule has 1 aliphatic heterocycles. The summed E-state index contributed by atoms with van der Waals surface area (Å²) in [5.41, 5.74) is 4.99. The van der Waals surface area contributed by atoms with E-state index in [1.807, 2.05) is 0 Å². The molecule has 1 aliphatic rings. The summed E-state index contributed by atoms with van der Waals surface area (Å²) in [5.74, 6) is -0.748. The SMILES string of the molecule is NC(=O)c1cnc([C@@H]2O[C@H](C(O)F)[C@@H](O)[C@H]2O)[nH]1. The fourth-order valence-electron chi connectivity index (χ4n) is 1.76. The number of hydrogen-bond acceptors (Lipinski definition) is 6. The molecule has 9 heteroatoms. The molecule has 18 heavy (non-hydrogen) atoms. The Morgan fingerprint density at radius 2 is 2.22 bits per heavy atom. The Morgan fingerprint density at radius 1 is 1.56 bits per heavy atom. The van der Waals surface area contributed by atoms with Gasteiger partial charge in [-0.25, -0.2) is 9.37 Å². The van der Waals surface area contributed by atoms with Gasteiger partial charge in [-0.05, 0) is 0 Å². The highest BCUT2D eigenvalue weighted by Crippen LogP contribution is 2.33. The van der Waals surface area contributed by atoms with Gasteiger partial charge in [0.15, 0.2) is 0 Å². The quantitative estimate of drug-likeness (QED) is 0.424. The van der Waals surface area contributed by atoms with Crippen LogP contribution in [0.2, 0.25) is 0 Å². The number of hydrogen-bond donors (Lipinski definition) is 5. The smallest absolute Gasteiger partial charge is 0.266 e. The molecule has 0 bridgehead atoms. The third-order valence-electron chi connectivity index (χ3n) is 2.70. The van der Waals surface area contributed by atoms with Gasteiger partial charge in [-0.15, -0.1) is 0 Å². The Morgan fingerprint density at radius 3 is 2.67 bits per heavy atom. The molecule has 8 nitrogen and oxygen atoms in total. The second-order valence-electron chi connectivity index (χ2n) is 3.92. The van der Waals surface area contributed by atoms with Crippen LogP contribution in [-0.4, -0.2) is 55.9 Å². The van der Waals surface area contributed by atoms with Crippen molar-refractivity contribution in [3.05, 3.63) is 17.7 Å². The average molecular weight is 261 g/mol. The molecule has 0 aliphatic carbocycles. The normalized spacial score (nSPS) is 33.6. The summed E-state index contributed by atoms with van der Waals surface area (Å²) >= 11 is 0. The summed E-state index contributed by atoms with van der Waals surface area (Å²) < 4.78 is 17.7. The summed E-state index contributed by atoms with van der Waals surface area (Å²) in [6.07, 6.45) is -7.15. The van der Waals surface area contributed by atoms with E-state index in [0.29, 0.717) is 0 Å². The van der Waals surface area contributed by atoms with Crippen molar-refractivity contribution in [3.63, 3.8) is 0 Å². The topological polar surface area (TPSA) is 142 Å². The lowest BCUT2D eigenvalue weighted by molar-refractivity contribution is -0.120. The molecule has 1 aromatic rings. The van der Waals surface area contributed by atoms with Gasteiger partial charge in [0.1, 0.15) is 35.9 Å². The van der Waals surface area contributed by atoms with E-state index in [1.165, 1.54) is 0 Å². The van der Waals surface area contributed by atoms with E-state index in [4.69, 9.17) is 15.6 Å². The van der Waals surface area contributed by atoms with Gasteiger partial charge < -0.3 is 30.8 Å². The van der Waals surface area contributed by atoms with Gasteiger partial charge in [0.2, 0.25) is 6.36 Å². The lowest BCUT2D eigenvalue weighted by Gasteiger charge is -2.13. The van der Waals surface area contributed by atoms with Crippen molar-refractivity contribution in [3.8, 4) is 0 Å². The van der Waals surface area contributed by atoms with Crippen molar-refractivity contribution in [2.24, 2.45) is 5.73 Å². The molecule has 2 heterocycles. The highest BCUT2D eigenvalue weighted by molar-refractivity contribution is 5.90. The first-order valence-corrected chi connectivity index (χ1v) is 5.10. The third kappa shape index (κ3) is 2.08. The Kier molecular flexibility index (Phi) is 3.30. The number of alkyl halides is 1. The molecule has 0 spiro atoms. The highest BCUT2D eigenvalue weighted by Gasteiger charge is 2.48. The Balaban J connectivity index is 2.20. The second kappa shape index (κ2) is 4.61. The van der Waals surface area contributed by atoms with Gasteiger partial charge in [0, 0.05) is 0 Å². The van der Waals surface area contributed by atoms with E-state index in [9.17, 15) is 19.4 Å². The number of H-pyrrole nitrogens is 1. The van der Waals surface area contributed by atoms with Crippen molar-refractivity contribution in [2.45, 2.75) is 30.8 Å². The average Bonchev–Trinajstić information content (AvgIpc) is 2.86. The number of aliphatic hydroxyl groups is 3. The molecule has 0 saturated carbocycles. The van der Waals surface area contributed by atoms with Crippen LogP contribution in [0.15, 0.2) is 6.20 Å². The third-order valence-corrected chi connectivity index (χ3v) is 2.70. The van der Waals surface area contributed by atoms with Crippen LogP contribution in [0.1, 0.15) is 22.4 Å². The van der Waals surface area contributed by atoms with Gasteiger partial charge in [-0.2, -0.15) is 0 Å². The van der Waals surface area contributed by atoms with Crippen molar-refractivity contribution in [1.82, 2.24) is 9.97 Å². The number of halogens is 1. The summed E-state index contributed by atoms with van der Waals surface area (Å²) in [5, 5.41) is 27.8. The number of ether oxygens (including phenoxy) is 1. The predicted molar refractivity (Wildman–Crippen MR) is 53.8 cm³/mol. The monoisotopic (exact) mass is 261 g/mol. The van der Waals surface area contributed by atoms with Crippen molar-refractivity contribution in [1.29, 1.82) is 0 Å². The summed E-state index contributed by atoms with van der Waals surface area (Å²) in [4.78, 5) is 17.1. The molecule has 1 aromatic heterocycles. The molecule has 1 saturated heterocycles. The molecule has 6 N–H and O–H groups in total. The molecule has 1 fully saturated rings. The van der Waals surface area contributed by atoms with Crippen LogP contribution in [0, 0.1) is 0 Å². The number of aromatic amines is 1. The van der Waals surface area contributed by atoms with Gasteiger partial charge in [0.05, 0.1) is 6.20 Å². The highest BCUT2D eigenvalue weighted by atomic mass is 19.1. The van der Waals surface area contributed by atoms with Gasteiger partial charge in [-0.1, -0.05) is 0 Å². The van der Waals surface area contributed by atoms with E-state index in [2.05, 4.69) is 9.97 Å². The number of nitrogens with two attached hydrogens (primary N) is 1. The molecular weight excluding hydrogens is 249 g/mol. The van der Waals surface area contributed by atoms with Crippen molar-refractivity contribution < 1.29 is 29.2 Å². The second-order valence-corrected chi connectivity index (χ2v) is 3.92. The minimum absolute atomic E-state index is 0.0125. The fourth-order valence-corrected chi connectivity index (χ4v) is 1.76. The number of primary amides is 1. The van der Waals surface area contributed by atoms with Crippen molar-refractivity contribution >= 4 is 5.91 Å². The van der Waals surface area contributed by atoms with E-state index in [-0.39, 0.29) is 11.5 Å². The van der Waals surface area contributed by atoms with Crippen molar-refractivity contribution in [2.75, 3.05) is 0 Å². The predicted octanol–water partition coefficient (Wildman–Crippen LogP) is -2.04. The first kappa shape index (κ1) is 12.9. The zero-order chi connectivity index (χ0) is 13.4. The van der Waals surface area contributed by atoms with E-state index >= 15 is 0 Å². The molecule has 1 amide bonds. The first-order valence-electron chi connectivity index (χ1n) is 5.10. The first-order chi connectivity index (χ1) is 8.41. The Hall–Kier alpha value is -1.55. The van der Waals surface area contributed by atoms with Gasteiger partial charge in [0.25, 0.3) is 5.91 Å². The number of aliphatic hydroxyl groups excluding tert-OH is 3. The number of amides is 1. The van der Waals surface area contributed by atoms with E-state index in [1.54, 1.807) is 0 Å². The Bertz CT molecular complexity index is 451. The maximum atomic E-state index is 12.7. The molecule has 0 radical (unpaired) electrons. The number of nitrogens with one attached hydrogen (secondary N) is 1. The fraction of sp³-hybridized carbons (Fsp3) is 0.556.